The van der Waals surface area contributed by atoms with Gasteiger partial charge in [-0.25, -0.2) is 4.39 Å². The number of benzene rings is 2. The highest BCUT2D eigenvalue weighted by atomic mass is 79.9. The van der Waals surface area contributed by atoms with Crippen molar-refractivity contribution < 1.29 is 4.39 Å². The molecule has 0 spiro atoms. The molecule has 0 bridgehead atoms. The Balaban J connectivity index is 2.33. The van der Waals surface area contributed by atoms with Crippen molar-refractivity contribution in [3.8, 4) is 0 Å². The predicted molar refractivity (Wildman–Crippen MR) is 77.4 cm³/mol. The van der Waals surface area contributed by atoms with Crippen molar-refractivity contribution in [3.05, 3.63) is 58.3 Å². The Morgan fingerprint density at radius 1 is 1.22 bits per heavy atom. The molecule has 0 aliphatic carbocycles. The van der Waals surface area contributed by atoms with E-state index in [1.165, 1.54) is 17.8 Å². The highest BCUT2D eigenvalue weighted by Gasteiger charge is 2.09. The summed E-state index contributed by atoms with van der Waals surface area (Å²) in [4.78, 5) is 1.71. The van der Waals surface area contributed by atoms with Crippen LogP contribution in [0.1, 0.15) is 5.56 Å². The number of hydrogen-bond donors (Lipinski definition) is 1. The molecule has 0 aromatic heterocycles. The standard InChI is InChI=1S/C14H13BrFNS/c1-17-9-10-4-2-7-13(16)14(10)18-12-6-3-5-11(15)8-12/h2-8,17H,9H2,1H3. The molecule has 0 amide bonds. The Labute approximate surface area is 119 Å². The molecule has 0 saturated carbocycles. The van der Waals surface area contributed by atoms with E-state index in [2.05, 4.69) is 21.2 Å². The molecule has 2 rings (SSSR count). The Hall–Kier alpha value is -0.840. The summed E-state index contributed by atoms with van der Waals surface area (Å²) in [5, 5.41) is 3.06. The first-order valence-electron chi connectivity index (χ1n) is 5.56. The van der Waals surface area contributed by atoms with Gasteiger partial charge in [0.25, 0.3) is 0 Å². The molecule has 0 saturated heterocycles. The monoisotopic (exact) mass is 325 g/mol. The first-order chi connectivity index (χ1) is 8.70. The lowest BCUT2D eigenvalue weighted by Crippen LogP contribution is -2.06. The van der Waals surface area contributed by atoms with Crippen LogP contribution in [-0.2, 0) is 6.54 Å². The number of halogens is 2. The molecular weight excluding hydrogens is 313 g/mol. The Morgan fingerprint density at radius 2 is 2.00 bits per heavy atom. The quantitative estimate of drug-likeness (QED) is 0.890. The third-order valence-electron chi connectivity index (χ3n) is 2.43. The van der Waals surface area contributed by atoms with Crippen molar-refractivity contribution in [1.29, 1.82) is 0 Å². The van der Waals surface area contributed by atoms with E-state index >= 15 is 0 Å². The van der Waals surface area contributed by atoms with Crippen LogP contribution < -0.4 is 5.32 Å². The molecule has 0 heterocycles. The Morgan fingerprint density at radius 3 is 2.72 bits per heavy atom. The van der Waals surface area contributed by atoms with Gasteiger partial charge in [-0.2, -0.15) is 0 Å². The fourth-order valence-corrected chi connectivity index (χ4v) is 3.20. The predicted octanol–water partition coefficient (Wildman–Crippen LogP) is 4.46. The normalized spacial score (nSPS) is 10.6. The van der Waals surface area contributed by atoms with Crippen molar-refractivity contribution >= 4 is 27.7 Å². The minimum atomic E-state index is -0.173. The highest BCUT2D eigenvalue weighted by molar-refractivity contribution is 9.10. The molecule has 0 aliphatic rings. The zero-order chi connectivity index (χ0) is 13.0. The number of nitrogens with one attached hydrogen (secondary N) is 1. The smallest absolute Gasteiger partial charge is 0.137 e. The molecule has 0 atom stereocenters. The van der Waals surface area contributed by atoms with Crippen LogP contribution in [0.3, 0.4) is 0 Å². The largest absolute Gasteiger partial charge is 0.316 e. The number of hydrogen-bond acceptors (Lipinski definition) is 2. The van der Waals surface area contributed by atoms with Gasteiger partial charge in [-0.15, -0.1) is 0 Å². The second kappa shape index (κ2) is 6.36. The molecule has 1 nitrogen and oxygen atoms in total. The first kappa shape index (κ1) is 13.6. The molecule has 18 heavy (non-hydrogen) atoms. The fraction of sp³-hybridized carbons (Fsp3) is 0.143. The van der Waals surface area contributed by atoms with E-state index in [1.807, 2.05) is 37.4 Å². The minimum Gasteiger partial charge on any atom is -0.316 e. The van der Waals surface area contributed by atoms with Crippen LogP contribution >= 0.6 is 27.7 Å². The van der Waals surface area contributed by atoms with Crippen LogP contribution in [0, 0.1) is 5.82 Å². The molecule has 2 aromatic carbocycles. The van der Waals surface area contributed by atoms with E-state index in [1.54, 1.807) is 6.07 Å². The lowest BCUT2D eigenvalue weighted by molar-refractivity contribution is 0.594. The van der Waals surface area contributed by atoms with Crippen LogP contribution in [0.2, 0.25) is 0 Å². The van der Waals surface area contributed by atoms with Gasteiger partial charge in [-0.05, 0) is 36.9 Å². The van der Waals surface area contributed by atoms with Crippen molar-refractivity contribution in [1.82, 2.24) is 5.32 Å². The van der Waals surface area contributed by atoms with E-state index in [4.69, 9.17) is 0 Å². The average molecular weight is 326 g/mol. The molecule has 1 N–H and O–H groups in total. The van der Waals surface area contributed by atoms with Gasteiger partial charge in [0.15, 0.2) is 0 Å². The van der Waals surface area contributed by atoms with Crippen LogP contribution in [0.25, 0.3) is 0 Å². The summed E-state index contributed by atoms with van der Waals surface area (Å²) < 4.78 is 14.9. The number of rotatable bonds is 4. The van der Waals surface area contributed by atoms with Crippen molar-refractivity contribution in [2.75, 3.05) is 7.05 Å². The lowest BCUT2D eigenvalue weighted by Gasteiger charge is -2.10. The summed E-state index contributed by atoms with van der Waals surface area (Å²) in [6.45, 7) is 0.661. The third-order valence-corrected chi connectivity index (χ3v) is 4.08. The van der Waals surface area contributed by atoms with E-state index in [0.717, 1.165) is 14.9 Å². The fourth-order valence-electron chi connectivity index (χ4n) is 1.65. The third kappa shape index (κ3) is 3.34. The molecule has 4 heteroatoms. The maximum Gasteiger partial charge on any atom is 0.137 e. The van der Waals surface area contributed by atoms with E-state index in [-0.39, 0.29) is 5.82 Å². The summed E-state index contributed by atoms with van der Waals surface area (Å²) in [6.07, 6.45) is 0. The van der Waals surface area contributed by atoms with Crippen molar-refractivity contribution in [3.63, 3.8) is 0 Å². The molecule has 0 unspecified atom stereocenters. The van der Waals surface area contributed by atoms with Crippen molar-refractivity contribution in [2.24, 2.45) is 0 Å². The highest BCUT2D eigenvalue weighted by Crippen LogP contribution is 2.33. The maximum absolute atomic E-state index is 13.9. The van der Waals surface area contributed by atoms with Gasteiger partial charge >= 0.3 is 0 Å². The summed E-state index contributed by atoms with van der Waals surface area (Å²) in [7, 11) is 1.86. The van der Waals surface area contributed by atoms with Crippen LogP contribution in [0.15, 0.2) is 56.7 Å². The van der Waals surface area contributed by atoms with Crippen LogP contribution in [0.4, 0.5) is 4.39 Å². The van der Waals surface area contributed by atoms with Crippen LogP contribution in [-0.4, -0.2) is 7.05 Å². The Bertz CT molecular complexity index is 545. The summed E-state index contributed by atoms with van der Waals surface area (Å²) in [5.41, 5.74) is 0.975. The van der Waals surface area contributed by atoms with Gasteiger partial charge in [-0.1, -0.05) is 45.9 Å². The Kier molecular flexibility index (Phi) is 4.80. The molecule has 0 radical (unpaired) electrons. The second-order valence-corrected chi connectivity index (χ2v) is 5.82. The van der Waals surface area contributed by atoms with E-state index in [9.17, 15) is 4.39 Å². The lowest BCUT2D eigenvalue weighted by atomic mass is 10.2. The van der Waals surface area contributed by atoms with Gasteiger partial charge in [0.1, 0.15) is 5.82 Å². The molecule has 2 aromatic rings. The maximum atomic E-state index is 13.9. The topological polar surface area (TPSA) is 12.0 Å². The van der Waals surface area contributed by atoms with Crippen molar-refractivity contribution in [2.45, 2.75) is 16.3 Å². The zero-order valence-corrected chi connectivity index (χ0v) is 12.3. The van der Waals surface area contributed by atoms with E-state index < -0.39 is 0 Å². The molecule has 0 aliphatic heterocycles. The SMILES string of the molecule is CNCc1cccc(F)c1Sc1cccc(Br)c1. The van der Waals surface area contributed by atoms with Gasteiger partial charge in [-0.3, -0.25) is 0 Å². The minimum absolute atomic E-state index is 0.173. The van der Waals surface area contributed by atoms with Gasteiger partial charge in [0.2, 0.25) is 0 Å². The summed E-state index contributed by atoms with van der Waals surface area (Å²) >= 11 is 4.87. The molecule has 0 fully saturated rings. The summed E-state index contributed by atoms with van der Waals surface area (Å²) in [5.74, 6) is -0.173. The van der Waals surface area contributed by atoms with E-state index in [0.29, 0.717) is 11.4 Å². The molecule has 94 valence electrons. The van der Waals surface area contributed by atoms with Gasteiger partial charge < -0.3 is 5.32 Å². The summed E-state index contributed by atoms with van der Waals surface area (Å²) in [6, 6.07) is 13.1. The first-order valence-corrected chi connectivity index (χ1v) is 7.17. The van der Waals surface area contributed by atoms with Gasteiger partial charge in [0.05, 0.1) is 4.90 Å². The van der Waals surface area contributed by atoms with Crippen LogP contribution in [0.5, 0.6) is 0 Å². The second-order valence-electron chi connectivity index (χ2n) is 3.82. The van der Waals surface area contributed by atoms with Gasteiger partial charge in [0, 0.05) is 15.9 Å². The molecular formula is C14H13BrFNS. The average Bonchev–Trinajstić information content (AvgIpc) is 2.34. The zero-order valence-electron chi connectivity index (χ0n) is 9.91.